The van der Waals surface area contributed by atoms with Crippen LogP contribution < -0.4 is 0 Å². The predicted octanol–water partition coefficient (Wildman–Crippen LogP) is 0.837. The van der Waals surface area contributed by atoms with E-state index >= 15 is 0 Å². The van der Waals surface area contributed by atoms with Crippen LogP contribution >= 0.6 is 0 Å². The van der Waals surface area contributed by atoms with Crippen molar-refractivity contribution in [2.75, 3.05) is 6.61 Å². The molecule has 0 unspecified atom stereocenters. The maximum atomic E-state index is 9.83. The molecule has 0 aliphatic heterocycles. The van der Waals surface area contributed by atoms with E-state index in [4.69, 9.17) is 5.11 Å². The van der Waals surface area contributed by atoms with Crippen LogP contribution in [0.4, 0.5) is 0 Å². The van der Waals surface area contributed by atoms with Gasteiger partial charge in [-0.05, 0) is 38.7 Å². The third kappa shape index (κ3) is 2.80. The van der Waals surface area contributed by atoms with Gasteiger partial charge in [-0.2, -0.15) is 0 Å². The molecular weight excluding hydrogens is 180 g/mol. The minimum Gasteiger partial charge on any atom is -0.396 e. The number of hydrogen-bond donors (Lipinski definition) is 3. The van der Waals surface area contributed by atoms with Crippen LogP contribution in [-0.2, 0) is 0 Å². The summed E-state index contributed by atoms with van der Waals surface area (Å²) in [5, 5.41) is 28.3. The summed E-state index contributed by atoms with van der Waals surface area (Å²) in [5.41, 5.74) is 0.131. The third-order valence-electron chi connectivity index (χ3n) is 2.90. The van der Waals surface area contributed by atoms with Crippen LogP contribution in [0.15, 0.2) is 11.6 Å². The highest BCUT2D eigenvalue weighted by atomic mass is 16.3. The molecule has 0 spiro atoms. The Kier molecular flexibility index (Phi) is 3.70. The maximum absolute atomic E-state index is 9.83. The summed E-state index contributed by atoms with van der Waals surface area (Å²) < 4.78 is 0. The molecule has 0 amide bonds. The number of aliphatic hydroxyl groups excluding tert-OH is 2. The van der Waals surface area contributed by atoms with Crippen LogP contribution in [0.1, 0.15) is 33.1 Å². The Hall–Kier alpha value is -0.380. The minimum atomic E-state index is -0.735. The van der Waals surface area contributed by atoms with Gasteiger partial charge in [-0.3, -0.25) is 0 Å². The normalized spacial score (nSPS) is 28.8. The highest BCUT2D eigenvalue weighted by Gasteiger charge is 2.30. The van der Waals surface area contributed by atoms with Gasteiger partial charge in [-0.25, -0.2) is 0 Å². The van der Waals surface area contributed by atoms with E-state index in [0.29, 0.717) is 12.8 Å². The fourth-order valence-electron chi connectivity index (χ4n) is 1.91. The summed E-state index contributed by atoms with van der Waals surface area (Å²) in [5.74, 6) is 0.0902. The predicted molar refractivity (Wildman–Crippen MR) is 54.8 cm³/mol. The highest BCUT2D eigenvalue weighted by molar-refractivity contribution is 5.15. The van der Waals surface area contributed by atoms with E-state index < -0.39 is 11.7 Å². The van der Waals surface area contributed by atoms with Crippen LogP contribution in [0.2, 0.25) is 0 Å². The molecule has 0 saturated carbocycles. The largest absolute Gasteiger partial charge is 0.396 e. The molecule has 1 aliphatic carbocycles. The number of aliphatic hydroxyl groups is 3. The highest BCUT2D eigenvalue weighted by Crippen LogP contribution is 2.32. The summed E-state index contributed by atoms with van der Waals surface area (Å²) in [6.45, 7) is 3.62. The molecule has 14 heavy (non-hydrogen) atoms. The van der Waals surface area contributed by atoms with Crippen molar-refractivity contribution in [3.63, 3.8) is 0 Å². The van der Waals surface area contributed by atoms with Gasteiger partial charge in [-0.1, -0.05) is 6.08 Å². The molecule has 0 radical (unpaired) electrons. The van der Waals surface area contributed by atoms with Gasteiger partial charge < -0.3 is 15.3 Å². The molecule has 3 heteroatoms. The van der Waals surface area contributed by atoms with Gasteiger partial charge in [0.25, 0.3) is 0 Å². The fraction of sp³-hybridized carbons (Fsp3) is 0.818. The lowest BCUT2D eigenvalue weighted by Crippen LogP contribution is -2.34. The lowest BCUT2D eigenvalue weighted by molar-refractivity contribution is 0.0222. The van der Waals surface area contributed by atoms with Gasteiger partial charge in [0.2, 0.25) is 0 Å². The summed E-state index contributed by atoms with van der Waals surface area (Å²) in [6.07, 6.45) is 3.49. The Balaban J connectivity index is 2.74. The van der Waals surface area contributed by atoms with Crippen molar-refractivity contribution in [1.29, 1.82) is 0 Å². The monoisotopic (exact) mass is 200 g/mol. The van der Waals surface area contributed by atoms with Crippen molar-refractivity contribution < 1.29 is 15.3 Å². The number of hydrogen-bond acceptors (Lipinski definition) is 3. The summed E-state index contributed by atoms with van der Waals surface area (Å²) >= 11 is 0. The number of rotatable bonds is 3. The standard InChI is InChI=1S/C11H20O3/c1-11(2,14)9-3-4-10(13)8(7-9)5-6-12/h7,9-10,12-14H,3-6H2,1-2H3/t9-,10-/m0/s1. The van der Waals surface area contributed by atoms with E-state index in [-0.39, 0.29) is 12.5 Å². The molecule has 0 fully saturated rings. The van der Waals surface area contributed by atoms with Crippen molar-refractivity contribution in [1.82, 2.24) is 0 Å². The molecule has 82 valence electrons. The van der Waals surface area contributed by atoms with Crippen LogP contribution in [0.25, 0.3) is 0 Å². The average Bonchev–Trinajstić information content (AvgIpc) is 2.07. The summed E-state index contributed by atoms with van der Waals surface area (Å²) in [6, 6.07) is 0. The van der Waals surface area contributed by atoms with Crippen molar-refractivity contribution >= 4 is 0 Å². The smallest absolute Gasteiger partial charge is 0.0751 e. The van der Waals surface area contributed by atoms with Crippen molar-refractivity contribution in [2.45, 2.75) is 44.8 Å². The van der Waals surface area contributed by atoms with Crippen LogP contribution in [-0.4, -0.2) is 33.6 Å². The summed E-state index contributed by atoms with van der Waals surface area (Å²) in [4.78, 5) is 0. The molecular formula is C11H20O3. The average molecular weight is 200 g/mol. The van der Waals surface area contributed by atoms with Crippen molar-refractivity contribution in [3.05, 3.63) is 11.6 Å². The second kappa shape index (κ2) is 4.43. The van der Waals surface area contributed by atoms with Crippen molar-refractivity contribution in [3.8, 4) is 0 Å². The van der Waals surface area contributed by atoms with E-state index in [1.807, 2.05) is 6.08 Å². The molecule has 3 nitrogen and oxygen atoms in total. The molecule has 3 N–H and O–H groups in total. The first kappa shape index (κ1) is 11.7. The van der Waals surface area contributed by atoms with Crippen LogP contribution in [0.3, 0.4) is 0 Å². The van der Waals surface area contributed by atoms with Gasteiger partial charge in [0.1, 0.15) is 0 Å². The van der Waals surface area contributed by atoms with Gasteiger partial charge in [-0.15, -0.1) is 0 Å². The molecule has 1 rings (SSSR count). The first-order valence-corrected chi connectivity index (χ1v) is 5.17. The molecule has 1 aliphatic rings. The molecule has 0 heterocycles. The van der Waals surface area contributed by atoms with E-state index in [1.165, 1.54) is 0 Å². The molecule has 2 atom stereocenters. The zero-order chi connectivity index (χ0) is 10.8. The Morgan fingerprint density at radius 3 is 2.57 bits per heavy atom. The molecule has 0 saturated heterocycles. The second-order valence-corrected chi connectivity index (χ2v) is 4.57. The van der Waals surface area contributed by atoms with E-state index in [9.17, 15) is 10.2 Å². The molecule has 0 aromatic carbocycles. The van der Waals surface area contributed by atoms with Gasteiger partial charge >= 0.3 is 0 Å². The van der Waals surface area contributed by atoms with E-state index in [0.717, 1.165) is 12.0 Å². The van der Waals surface area contributed by atoms with Crippen molar-refractivity contribution in [2.24, 2.45) is 5.92 Å². The van der Waals surface area contributed by atoms with Crippen LogP contribution in [0.5, 0.6) is 0 Å². The summed E-state index contributed by atoms with van der Waals surface area (Å²) in [7, 11) is 0. The Morgan fingerprint density at radius 1 is 1.43 bits per heavy atom. The van der Waals surface area contributed by atoms with Crippen LogP contribution in [0, 0.1) is 5.92 Å². The Labute approximate surface area is 85.1 Å². The Morgan fingerprint density at radius 2 is 2.07 bits per heavy atom. The molecule has 0 aromatic heterocycles. The lowest BCUT2D eigenvalue weighted by Gasteiger charge is -2.33. The molecule has 0 aromatic rings. The first-order chi connectivity index (χ1) is 6.45. The van der Waals surface area contributed by atoms with Gasteiger partial charge in [0.15, 0.2) is 0 Å². The SMILES string of the molecule is CC(C)(O)[C@@H]1C=C(CCO)[C@@H](O)CC1. The van der Waals surface area contributed by atoms with Gasteiger partial charge in [0, 0.05) is 12.5 Å². The van der Waals surface area contributed by atoms with Gasteiger partial charge in [0.05, 0.1) is 11.7 Å². The second-order valence-electron chi connectivity index (χ2n) is 4.57. The zero-order valence-electron chi connectivity index (χ0n) is 8.90. The molecule has 0 bridgehead atoms. The quantitative estimate of drug-likeness (QED) is 0.592. The fourth-order valence-corrected chi connectivity index (χ4v) is 1.91. The minimum absolute atomic E-state index is 0.0570. The lowest BCUT2D eigenvalue weighted by atomic mass is 9.79. The first-order valence-electron chi connectivity index (χ1n) is 5.17. The third-order valence-corrected chi connectivity index (χ3v) is 2.90. The zero-order valence-corrected chi connectivity index (χ0v) is 8.90. The van der Waals surface area contributed by atoms with E-state index in [1.54, 1.807) is 13.8 Å². The topological polar surface area (TPSA) is 60.7 Å². The Bertz CT molecular complexity index is 215. The van der Waals surface area contributed by atoms with E-state index in [2.05, 4.69) is 0 Å². The maximum Gasteiger partial charge on any atom is 0.0751 e.